The minimum absolute atomic E-state index is 0.644. The molecule has 2 unspecified atom stereocenters. The summed E-state index contributed by atoms with van der Waals surface area (Å²) in [6, 6.07) is 10.3. The summed E-state index contributed by atoms with van der Waals surface area (Å²) in [6.45, 7) is 14.9. The molecule has 2 heteroatoms. The largest absolute Gasteiger partial charge is 0.311 e. The molecule has 0 spiro atoms. The van der Waals surface area contributed by atoms with Gasteiger partial charge in [-0.2, -0.15) is 0 Å². The van der Waals surface area contributed by atoms with Crippen LogP contribution >= 0.6 is 0 Å². The van der Waals surface area contributed by atoms with Crippen LogP contribution in [0.5, 0.6) is 0 Å². The maximum absolute atomic E-state index is 3.77. The Labute approximate surface area is 130 Å². The predicted octanol–water partition coefficient (Wildman–Crippen LogP) is 3.84. The first-order chi connectivity index (χ1) is 9.95. The molecule has 0 saturated carbocycles. The standard InChI is InChI=1S/C19H32N2/c1-14(2)10-18-13-21(19(11-20-18)15(3)4)12-17-8-6-16(5)7-9-17/h6-9,14-15,18-20H,10-13H2,1-5H3. The van der Waals surface area contributed by atoms with Gasteiger partial charge in [-0.05, 0) is 30.7 Å². The van der Waals surface area contributed by atoms with Gasteiger partial charge in [-0.3, -0.25) is 4.90 Å². The van der Waals surface area contributed by atoms with Crippen LogP contribution in [0.3, 0.4) is 0 Å². The van der Waals surface area contributed by atoms with E-state index in [0.29, 0.717) is 18.0 Å². The molecule has 1 aliphatic heterocycles. The number of nitrogens with one attached hydrogen (secondary N) is 1. The Kier molecular flexibility index (Phi) is 5.83. The first-order valence-corrected chi connectivity index (χ1v) is 8.48. The molecule has 1 heterocycles. The second kappa shape index (κ2) is 7.42. The minimum Gasteiger partial charge on any atom is -0.311 e. The van der Waals surface area contributed by atoms with Crippen molar-refractivity contribution in [1.29, 1.82) is 0 Å². The van der Waals surface area contributed by atoms with Crippen molar-refractivity contribution < 1.29 is 0 Å². The Bertz CT molecular complexity index is 422. The number of rotatable bonds is 5. The van der Waals surface area contributed by atoms with Crippen LogP contribution in [-0.2, 0) is 6.54 Å². The lowest BCUT2D eigenvalue weighted by Crippen LogP contribution is -2.58. The van der Waals surface area contributed by atoms with Crippen molar-refractivity contribution in [3.8, 4) is 0 Å². The van der Waals surface area contributed by atoms with E-state index in [2.05, 4.69) is 69.1 Å². The molecule has 0 amide bonds. The molecule has 0 bridgehead atoms. The highest BCUT2D eigenvalue weighted by atomic mass is 15.2. The van der Waals surface area contributed by atoms with Crippen molar-refractivity contribution in [2.24, 2.45) is 11.8 Å². The first kappa shape index (κ1) is 16.5. The number of nitrogens with zero attached hydrogens (tertiary/aromatic N) is 1. The third-order valence-electron chi connectivity index (χ3n) is 4.57. The fraction of sp³-hybridized carbons (Fsp3) is 0.684. The molecular weight excluding hydrogens is 256 g/mol. The molecule has 1 saturated heterocycles. The maximum Gasteiger partial charge on any atom is 0.0247 e. The summed E-state index contributed by atoms with van der Waals surface area (Å²) < 4.78 is 0. The molecule has 21 heavy (non-hydrogen) atoms. The highest BCUT2D eigenvalue weighted by Gasteiger charge is 2.29. The van der Waals surface area contributed by atoms with Crippen LogP contribution in [0.15, 0.2) is 24.3 Å². The van der Waals surface area contributed by atoms with Crippen molar-refractivity contribution in [3.63, 3.8) is 0 Å². The summed E-state index contributed by atoms with van der Waals surface area (Å²) in [6.07, 6.45) is 1.27. The molecule has 0 aromatic heterocycles. The lowest BCUT2D eigenvalue weighted by atomic mass is 9.94. The summed E-state index contributed by atoms with van der Waals surface area (Å²) in [5.41, 5.74) is 2.79. The number of benzene rings is 1. The van der Waals surface area contributed by atoms with Crippen LogP contribution in [-0.4, -0.2) is 30.1 Å². The quantitative estimate of drug-likeness (QED) is 0.885. The molecule has 1 aromatic carbocycles. The van der Waals surface area contributed by atoms with E-state index in [9.17, 15) is 0 Å². The van der Waals surface area contributed by atoms with E-state index < -0.39 is 0 Å². The average Bonchev–Trinajstić information content (AvgIpc) is 2.40. The zero-order valence-electron chi connectivity index (χ0n) is 14.4. The lowest BCUT2D eigenvalue weighted by Gasteiger charge is -2.43. The monoisotopic (exact) mass is 288 g/mol. The second-order valence-corrected chi connectivity index (χ2v) is 7.46. The Morgan fingerprint density at radius 3 is 2.38 bits per heavy atom. The van der Waals surface area contributed by atoms with Gasteiger partial charge < -0.3 is 5.32 Å². The average molecular weight is 288 g/mol. The SMILES string of the molecule is Cc1ccc(CN2CC(CC(C)C)NCC2C(C)C)cc1. The summed E-state index contributed by atoms with van der Waals surface area (Å²) >= 11 is 0. The van der Waals surface area contributed by atoms with Gasteiger partial charge in [0.05, 0.1) is 0 Å². The maximum atomic E-state index is 3.77. The van der Waals surface area contributed by atoms with E-state index in [1.54, 1.807) is 0 Å². The predicted molar refractivity (Wildman–Crippen MR) is 91.5 cm³/mol. The summed E-state index contributed by atoms with van der Waals surface area (Å²) in [4.78, 5) is 2.69. The van der Waals surface area contributed by atoms with E-state index in [1.807, 2.05) is 0 Å². The molecule has 118 valence electrons. The fourth-order valence-corrected chi connectivity index (χ4v) is 3.39. The Morgan fingerprint density at radius 1 is 1.14 bits per heavy atom. The summed E-state index contributed by atoms with van der Waals surface area (Å²) in [7, 11) is 0. The van der Waals surface area contributed by atoms with Crippen molar-refractivity contribution >= 4 is 0 Å². The minimum atomic E-state index is 0.644. The Morgan fingerprint density at radius 2 is 1.81 bits per heavy atom. The van der Waals surface area contributed by atoms with Gasteiger partial charge in [-0.1, -0.05) is 57.5 Å². The normalized spacial score (nSPS) is 24.0. The molecule has 0 aliphatic carbocycles. The van der Waals surface area contributed by atoms with Gasteiger partial charge in [0, 0.05) is 31.7 Å². The van der Waals surface area contributed by atoms with Crippen LogP contribution in [0, 0.1) is 18.8 Å². The zero-order chi connectivity index (χ0) is 15.4. The summed E-state index contributed by atoms with van der Waals surface area (Å²) in [5, 5.41) is 3.77. The molecule has 2 nitrogen and oxygen atoms in total. The van der Waals surface area contributed by atoms with E-state index >= 15 is 0 Å². The van der Waals surface area contributed by atoms with Crippen LogP contribution < -0.4 is 5.32 Å². The van der Waals surface area contributed by atoms with Gasteiger partial charge in [0.15, 0.2) is 0 Å². The van der Waals surface area contributed by atoms with Crippen molar-refractivity contribution in [1.82, 2.24) is 10.2 Å². The van der Waals surface area contributed by atoms with Gasteiger partial charge in [-0.25, -0.2) is 0 Å². The van der Waals surface area contributed by atoms with Gasteiger partial charge in [0.1, 0.15) is 0 Å². The van der Waals surface area contributed by atoms with E-state index in [-0.39, 0.29) is 0 Å². The van der Waals surface area contributed by atoms with E-state index in [4.69, 9.17) is 0 Å². The van der Waals surface area contributed by atoms with Gasteiger partial charge in [0.25, 0.3) is 0 Å². The highest BCUT2D eigenvalue weighted by Crippen LogP contribution is 2.21. The molecule has 1 aromatic rings. The Hall–Kier alpha value is -0.860. The smallest absolute Gasteiger partial charge is 0.0247 e. The second-order valence-electron chi connectivity index (χ2n) is 7.46. The zero-order valence-corrected chi connectivity index (χ0v) is 14.4. The molecule has 2 rings (SSSR count). The van der Waals surface area contributed by atoms with Gasteiger partial charge in [0.2, 0.25) is 0 Å². The number of piperazine rings is 1. The number of aryl methyl sites for hydroxylation is 1. The molecule has 2 atom stereocenters. The third kappa shape index (κ3) is 4.82. The molecular formula is C19H32N2. The first-order valence-electron chi connectivity index (χ1n) is 8.48. The van der Waals surface area contributed by atoms with Crippen molar-refractivity contribution in [3.05, 3.63) is 35.4 Å². The highest BCUT2D eigenvalue weighted by molar-refractivity contribution is 5.21. The number of hydrogen-bond donors (Lipinski definition) is 1. The molecule has 0 radical (unpaired) electrons. The van der Waals surface area contributed by atoms with Crippen LogP contribution in [0.1, 0.15) is 45.2 Å². The molecule has 1 fully saturated rings. The van der Waals surface area contributed by atoms with Crippen LogP contribution in [0.2, 0.25) is 0 Å². The van der Waals surface area contributed by atoms with Crippen molar-refractivity contribution in [2.75, 3.05) is 13.1 Å². The summed E-state index contributed by atoms with van der Waals surface area (Å²) in [5.74, 6) is 1.46. The third-order valence-corrected chi connectivity index (χ3v) is 4.57. The number of hydrogen-bond acceptors (Lipinski definition) is 2. The van der Waals surface area contributed by atoms with E-state index in [1.165, 1.54) is 24.1 Å². The van der Waals surface area contributed by atoms with E-state index in [0.717, 1.165) is 19.0 Å². The topological polar surface area (TPSA) is 15.3 Å². The van der Waals surface area contributed by atoms with Crippen LogP contribution in [0.4, 0.5) is 0 Å². The van der Waals surface area contributed by atoms with Gasteiger partial charge in [-0.15, -0.1) is 0 Å². The lowest BCUT2D eigenvalue weighted by molar-refractivity contribution is 0.0852. The Balaban J connectivity index is 2.04. The molecule has 1 N–H and O–H groups in total. The fourth-order valence-electron chi connectivity index (χ4n) is 3.39. The van der Waals surface area contributed by atoms with Gasteiger partial charge >= 0.3 is 0 Å². The van der Waals surface area contributed by atoms with Crippen LogP contribution in [0.25, 0.3) is 0 Å². The van der Waals surface area contributed by atoms with Crippen molar-refractivity contribution in [2.45, 2.75) is 59.7 Å². The molecule has 1 aliphatic rings.